The van der Waals surface area contributed by atoms with Crippen LogP contribution in [-0.2, 0) is 22.6 Å². The summed E-state index contributed by atoms with van der Waals surface area (Å²) in [7, 11) is 1.86. The van der Waals surface area contributed by atoms with Crippen molar-refractivity contribution in [2.75, 3.05) is 25.0 Å². The van der Waals surface area contributed by atoms with Gasteiger partial charge in [-0.1, -0.05) is 50.6 Å². The van der Waals surface area contributed by atoms with Gasteiger partial charge in [-0.25, -0.2) is 4.98 Å². The quantitative estimate of drug-likeness (QED) is 0.531. The van der Waals surface area contributed by atoms with Gasteiger partial charge in [0, 0.05) is 38.2 Å². The molecule has 1 unspecified atom stereocenters. The molecule has 32 heavy (non-hydrogen) atoms. The van der Waals surface area contributed by atoms with Crippen LogP contribution in [0.4, 0.5) is 5.69 Å². The first-order chi connectivity index (χ1) is 15.5. The van der Waals surface area contributed by atoms with Crippen LogP contribution in [0, 0.1) is 0 Å². The Hall–Kier alpha value is -3.15. The number of hydrogen-bond acceptors (Lipinski definition) is 3. The number of carbonyl (C=O) groups is 2. The summed E-state index contributed by atoms with van der Waals surface area (Å²) < 4.78 is 2.02. The summed E-state index contributed by atoms with van der Waals surface area (Å²) >= 11 is 0. The van der Waals surface area contributed by atoms with E-state index in [-0.39, 0.29) is 24.3 Å². The summed E-state index contributed by atoms with van der Waals surface area (Å²) in [6.07, 6.45) is 3.32. The van der Waals surface area contributed by atoms with E-state index in [0.29, 0.717) is 13.0 Å². The zero-order valence-electron chi connectivity index (χ0n) is 19.3. The molecular formula is C26H32N4O2. The molecule has 1 aliphatic heterocycles. The summed E-state index contributed by atoms with van der Waals surface area (Å²) in [6, 6.07) is 16.0. The highest BCUT2D eigenvalue weighted by atomic mass is 16.2. The number of unbranched alkanes of at least 4 members (excludes halogenated alkanes) is 1. The summed E-state index contributed by atoms with van der Waals surface area (Å²) in [5.74, 6) is 0.961. The zero-order chi connectivity index (χ0) is 22.7. The maximum Gasteiger partial charge on any atom is 0.242 e. The van der Waals surface area contributed by atoms with Crippen molar-refractivity contribution in [2.45, 2.75) is 52.0 Å². The molecule has 1 atom stereocenters. The summed E-state index contributed by atoms with van der Waals surface area (Å²) in [5.41, 5.74) is 3.97. The maximum absolute atomic E-state index is 13.0. The molecule has 0 aliphatic carbocycles. The van der Waals surface area contributed by atoms with Gasteiger partial charge in [0.25, 0.3) is 0 Å². The van der Waals surface area contributed by atoms with E-state index in [1.165, 1.54) is 5.56 Å². The van der Waals surface area contributed by atoms with Gasteiger partial charge in [-0.2, -0.15) is 0 Å². The Morgan fingerprint density at radius 2 is 1.88 bits per heavy atom. The Morgan fingerprint density at radius 3 is 2.66 bits per heavy atom. The fraction of sp³-hybridized carbons (Fsp3) is 0.423. The average Bonchev–Trinajstić information content (AvgIpc) is 3.37. The van der Waals surface area contributed by atoms with E-state index in [0.717, 1.165) is 48.4 Å². The molecule has 0 spiro atoms. The van der Waals surface area contributed by atoms with E-state index in [4.69, 9.17) is 4.98 Å². The molecule has 2 heterocycles. The Balaban J connectivity index is 1.65. The lowest BCUT2D eigenvalue weighted by molar-refractivity contribution is -0.130. The van der Waals surface area contributed by atoms with E-state index in [1.54, 1.807) is 4.90 Å². The largest absolute Gasteiger partial charge is 0.344 e. The minimum atomic E-state index is -0.0476. The number of imidazole rings is 1. The van der Waals surface area contributed by atoms with Gasteiger partial charge in [-0.05, 0) is 36.6 Å². The average molecular weight is 433 g/mol. The number of anilines is 1. The van der Waals surface area contributed by atoms with Gasteiger partial charge >= 0.3 is 0 Å². The molecule has 0 radical (unpaired) electrons. The van der Waals surface area contributed by atoms with Crippen LogP contribution in [0.25, 0.3) is 11.0 Å². The smallest absolute Gasteiger partial charge is 0.242 e. The minimum Gasteiger partial charge on any atom is -0.344 e. The van der Waals surface area contributed by atoms with Crippen LogP contribution in [0.3, 0.4) is 0 Å². The van der Waals surface area contributed by atoms with E-state index in [1.807, 2.05) is 59.0 Å². The van der Waals surface area contributed by atoms with Gasteiger partial charge in [-0.3, -0.25) is 9.59 Å². The lowest BCUT2D eigenvalue weighted by atomic mass is 10.1. The second-order valence-corrected chi connectivity index (χ2v) is 8.60. The number of benzene rings is 2. The zero-order valence-corrected chi connectivity index (χ0v) is 19.3. The van der Waals surface area contributed by atoms with Gasteiger partial charge in [0.15, 0.2) is 0 Å². The Labute approximate surface area is 189 Å². The van der Waals surface area contributed by atoms with Crippen LogP contribution >= 0.6 is 0 Å². The summed E-state index contributed by atoms with van der Waals surface area (Å²) in [5, 5.41) is 0. The van der Waals surface area contributed by atoms with Crippen molar-refractivity contribution in [3.8, 4) is 0 Å². The third kappa shape index (κ3) is 4.27. The lowest BCUT2D eigenvalue weighted by Crippen LogP contribution is -2.32. The number of nitrogens with zero attached hydrogens (tertiary/aromatic N) is 4. The van der Waals surface area contributed by atoms with Crippen LogP contribution in [0.2, 0.25) is 0 Å². The molecular weight excluding hydrogens is 400 g/mol. The predicted octanol–water partition coefficient (Wildman–Crippen LogP) is 4.38. The highest BCUT2D eigenvalue weighted by Crippen LogP contribution is 2.34. The topological polar surface area (TPSA) is 58.4 Å². The molecule has 168 valence electrons. The molecule has 0 bridgehead atoms. The number of hydrogen-bond donors (Lipinski definition) is 0. The van der Waals surface area contributed by atoms with Crippen LogP contribution < -0.4 is 4.90 Å². The Bertz CT molecular complexity index is 1120. The predicted molar refractivity (Wildman–Crippen MR) is 128 cm³/mol. The molecule has 6 heteroatoms. The first kappa shape index (κ1) is 22.1. The number of rotatable bonds is 8. The summed E-state index contributed by atoms with van der Waals surface area (Å²) in [6.45, 7) is 5.81. The first-order valence-corrected chi connectivity index (χ1v) is 11.6. The summed E-state index contributed by atoms with van der Waals surface area (Å²) in [4.78, 5) is 34.6. The Kier molecular flexibility index (Phi) is 6.58. The standard InChI is InChI=1S/C26H32N4O2/c1-4-6-15-28(3)25(32)18-30-23-14-10-8-12-21(23)27-26(30)20-16-24(31)29(17-20)22-13-9-7-11-19(22)5-2/h7-14,20H,4-6,15-18H2,1-3H3. The third-order valence-electron chi connectivity index (χ3n) is 6.40. The molecule has 1 aromatic heterocycles. The second-order valence-electron chi connectivity index (χ2n) is 8.60. The molecule has 4 rings (SSSR count). The number of para-hydroxylation sites is 3. The van der Waals surface area contributed by atoms with Crippen LogP contribution in [0.5, 0.6) is 0 Å². The molecule has 1 saturated heterocycles. The van der Waals surface area contributed by atoms with Crippen LogP contribution in [0.15, 0.2) is 48.5 Å². The fourth-order valence-corrected chi connectivity index (χ4v) is 4.53. The van der Waals surface area contributed by atoms with Crippen LogP contribution in [0.1, 0.15) is 50.4 Å². The van der Waals surface area contributed by atoms with Gasteiger partial charge in [0.2, 0.25) is 11.8 Å². The molecule has 2 aromatic carbocycles. The van der Waals surface area contributed by atoms with E-state index >= 15 is 0 Å². The first-order valence-electron chi connectivity index (χ1n) is 11.6. The third-order valence-corrected chi connectivity index (χ3v) is 6.40. The fourth-order valence-electron chi connectivity index (χ4n) is 4.53. The monoisotopic (exact) mass is 432 g/mol. The molecule has 0 saturated carbocycles. The van der Waals surface area contributed by atoms with Crippen molar-refractivity contribution >= 4 is 28.5 Å². The van der Waals surface area contributed by atoms with Crippen molar-refractivity contribution in [3.05, 3.63) is 59.9 Å². The number of carbonyl (C=O) groups excluding carboxylic acids is 2. The SMILES string of the molecule is CCCCN(C)C(=O)Cn1c(C2CC(=O)N(c3ccccc3CC)C2)nc2ccccc21. The molecule has 6 nitrogen and oxygen atoms in total. The van der Waals surface area contributed by atoms with Crippen molar-refractivity contribution < 1.29 is 9.59 Å². The van der Waals surface area contributed by atoms with Crippen molar-refractivity contribution in [3.63, 3.8) is 0 Å². The van der Waals surface area contributed by atoms with Gasteiger partial charge in [-0.15, -0.1) is 0 Å². The lowest BCUT2D eigenvalue weighted by Gasteiger charge is -2.21. The van der Waals surface area contributed by atoms with Gasteiger partial charge in [0.05, 0.1) is 11.0 Å². The van der Waals surface area contributed by atoms with Gasteiger partial charge in [0.1, 0.15) is 12.4 Å². The van der Waals surface area contributed by atoms with Crippen molar-refractivity contribution in [2.24, 2.45) is 0 Å². The van der Waals surface area contributed by atoms with Crippen molar-refractivity contribution in [1.29, 1.82) is 0 Å². The van der Waals surface area contributed by atoms with Crippen molar-refractivity contribution in [1.82, 2.24) is 14.5 Å². The van der Waals surface area contributed by atoms with Gasteiger partial charge < -0.3 is 14.4 Å². The second kappa shape index (κ2) is 9.55. The number of fused-ring (bicyclic) bond motifs is 1. The molecule has 2 amide bonds. The molecule has 1 aliphatic rings. The number of aromatic nitrogens is 2. The Morgan fingerprint density at radius 1 is 1.12 bits per heavy atom. The van der Waals surface area contributed by atoms with Crippen LogP contribution in [-0.4, -0.2) is 46.4 Å². The highest BCUT2D eigenvalue weighted by molar-refractivity contribution is 5.97. The van der Waals surface area contributed by atoms with E-state index < -0.39 is 0 Å². The number of likely N-dealkylation sites (N-methyl/N-ethyl adjacent to an activating group) is 1. The molecule has 3 aromatic rings. The molecule has 0 N–H and O–H groups in total. The minimum absolute atomic E-state index is 0.0476. The number of amides is 2. The normalized spacial score (nSPS) is 16.2. The maximum atomic E-state index is 13.0. The van der Waals surface area contributed by atoms with E-state index in [9.17, 15) is 9.59 Å². The number of aryl methyl sites for hydroxylation is 1. The van der Waals surface area contributed by atoms with E-state index in [2.05, 4.69) is 19.9 Å². The highest BCUT2D eigenvalue weighted by Gasteiger charge is 2.35. The molecule has 1 fully saturated rings.